The number of carbonyl (C=O) groups is 1. The average molecular weight is 312 g/mol. The van der Waals surface area contributed by atoms with Crippen LogP contribution in [0, 0.1) is 23.2 Å². The molecule has 0 aromatic carbocycles. The molecule has 4 rings (SSSR count). The molecule has 2 saturated carbocycles. The molecule has 2 fully saturated rings. The first kappa shape index (κ1) is 15.7. The number of ketones is 1. The van der Waals surface area contributed by atoms with Crippen molar-refractivity contribution < 1.29 is 4.79 Å². The number of rotatable bonds is 2. The van der Waals surface area contributed by atoms with Crippen LogP contribution in [0.5, 0.6) is 0 Å². The zero-order valence-corrected chi connectivity index (χ0v) is 15.0. The van der Waals surface area contributed by atoms with Crippen LogP contribution in [0.3, 0.4) is 0 Å². The Bertz CT molecular complexity index is 567. The van der Waals surface area contributed by atoms with Gasteiger partial charge in [0.1, 0.15) is 5.78 Å². The van der Waals surface area contributed by atoms with Gasteiger partial charge in [-0.25, -0.2) is 0 Å². The highest BCUT2D eigenvalue weighted by Crippen LogP contribution is 2.62. The fourth-order valence-electron chi connectivity index (χ4n) is 6.55. The lowest BCUT2D eigenvalue weighted by Crippen LogP contribution is -2.42. The SMILES string of the molecule is CCC/C=C1/CCC2C3CCC4=C(CCC(=O)C4)C3CC[C@]12C. The van der Waals surface area contributed by atoms with E-state index in [4.69, 9.17) is 0 Å². The molecule has 4 aliphatic carbocycles. The number of Topliss-reactive ketones (excluding diaryl/α,β-unsaturated/α-hetero) is 1. The van der Waals surface area contributed by atoms with E-state index in [1.807, 2.05) is 0 Å². The lowest BCUT2D eigenvalue weighted by atomic mass is 9.54. The monoisotopic (exact) mass is 312 g/mol. The van der Waals surface area contributed by atoms with E-state index >= 15 is 0 Å². The van der Waals surface area contributed by atoms with Crippen molar-refractivity contribution in [3.63, 3.8) is 0 Å². The average Bonchev–Trinajstić information content (AvgIpc) is 2.89. The first-order chi connectivity index (χ1) is 11.1. The first-order valence-electron chi connectivity index (χ1n) is 10.1. The van der Waals surface area contributed by atoms with Gasteiger partial charge >= 0.3 is 0 Å². The van der Waals surface area contributed by atoms with E-state index < -0.39 is 0 Å². The Labute approximate surface area is 141 Å². The quantitative estimate of drug-likeness (QED) is 0.572. The summed E-state index contributed by atoms with van der Waals surface area (Å²) in [6, 6.07) is 0. The maximum absolute atomic E-state index is 11.8. The van der Waals surface area contributed by atoms with Gasteiger partial charge < -0.3 is 0 Å². The second kappa shape index (κ2) is 5.90. The number of fused-ring (bicyclic) bond motifs is 4. The van der Waals surface area contributed by atoms with Crippen LogP contribution in [0.2, 0.25) is 0 Å². The summed E-state index contributed by atoms with van der Waals surface area (Å²) in [5.74, 6) is 3.15. The smallest absolute Gasteiger partial charge is 0.137 e. The highest BCUT2D eigenvalue weighted by Gasteiger charge is 2.52. The summed E-state index contributed by atoms with van der Waals surface area (Å²) in [6.07, 6.45) is 16.0. The molecule has 4 aliphatic rings. The minimum absolute atomic E-state index is 0.494. The molecule has 0 spiro atoms. The van der Waals surface area contributed by atoms with Gasteiger partial charge in [0.05, 0.1) is 0 Å². The van der Waals surface area contributed by atoms with Gasteiger partial charge in [0.2, 0.25) is 0 Å². The van der Waals surface area contributed by atoms with Gasteiger partial charge in [-0.2, -0.15) is 0 Å². The third kappa shape index (κ3) is 2.46. The number of hydrogen-bond donors (Lipinski definition) is 0. The van der Waals surface area contributed by atoms with Crippen LogP contribution in [0.4, 0.5) is 0 Å². The third-order valence-corrected chi connectivity index (χ3v) is 7.73. The van der Waals surface area contributed by atoms with Crippen LogP contribution in [0.25, 0.3) is 0 Å². The van der Waals surface area contributed by atoms with Crippen molar-refractivity contribution in [2.24, 2.45) is 23.2 Å². The minimum Gasteiger partial charge on any atom is -0.299 e. The van der Waals surface area contributed by atoms with E-state index in [0.717, 1.165) is 37.0 Å². The molecule has 0 amide bonds. The highest BCUT2D eigenvalue weighted by atomic mass is 16.1. The Kier molecular flexibility index (Phi) is 4.02. The molecule has 0 aromatic heterocycles. The fourth-order valence-corrected chi connectivity index (χ4v) is 6.55. The molecule has 0 N–H and O–H groups in total. The largest absolute Gasteiger partial charge is 0.299 e. The lowest BCUT2D eigenvalue weighted by Gasteiger charge is -2.51. The summed E-state index contributed by atoms with van der Waals surface area (Å²) in [6.45, 7) is 4.87. The Hall–Kier alpha value is -0.850. The van der Waals surface area contributed by atoms with Crippen molar-refractivity contribution >= 4 is 5.78 Å². The van der Waals surface area contributed by atoms with Crippen LogP contribution < -0.4 is 0 Å². The zero-order valence-electron chi connectivity index (χ0n) is 15.0. The summed E-state index contributed by atoms with van der Waals surface area (Å²) in [7, 11) is 0. The number of allylic oxidation sites excluding steroid dienone is 4. The van der Waals surface area contributed by atoms with Crippen molar-refractivity contribution in [2.45, 2.75) is 84.5 Å². The molecular formula is C22H32O. The lowest BCUT2D eigenvalue weighted by molar-refractivity contribution is -0.119. The van der Waals surface area contributed by atoms with Gasteiger partial charge in [0, 0.05) is 12.8 Å². The van der Waals surface area contributed by atoms with Gasteiger partial charge in [-0.3, -0.25) is 4.79 Å². The fraction of sp³-hybridized carbons (Fsp3) is 0.773. The molecule has 0 aliphatic heterocycles. The predicted molar refractivity (Wildman–Crippen MR) is 95.2 cm³/mol. The minimum atomic E-state index is 0.494. The third-order valence-electron chi connectivity index (χ3n) is 7.73. The van der Waals surface area contributed by atoms with Crippen LogP contribution >= 0.6 is 0 Å². The molecule has 126 valence electrons. The van der Waals surface area contributed by atoms with Gasteiger partial charge in [0.25, 0.3) is 0 Å². The topological polar surface area (TPSA) is 17.1 Å². The molecular weight excluding hydrogens is 280 g/mol. The second-order valence-corrected chi connectivity index (χ2v) is 8.77. The van der Waals surface area contributed by atoms with Crippen LogP contribution in [-0.4, -0.2) is 5.78 Å². The van der Waals surface area contributed by atoms with Gasteiger partial charge in [0.15, 0.2) is 0 Å². The van der Waals surface area contributed by atoms with Crippen molar-refractivity contribution in [3.8, 4) is 0 Å². The zero-order chi connectivity index (χ0) is 16.0. The standard InChI is InChI=1S/C22H32O/c1-3-4-5-16-7-11-21-20-9-6-15-14-17(23)8-10-18(15)19(20)12-13-22(16,21)2/h5,19-21H,3-4,6-14H2,1-2H3/b16-5-/t19?,20?,21?,22-/m1/s1. The number of hydrogen-bond acceptors (Lipinski definition) is 1. The van der Waals surface area contributed by atoms with Gasteiger partial charge in [-0.15, -0.1) is 0 Å². The second-order valence-electron chi connectivity index (χ2n) is 8.77. The maximum Gasteiger partial charge on any atom is 0.137 e. The molecule has 0 saturated heterocycles. The van der Waals surface area contributed by atoms with E-state index in [1.54, 1.807) is 16.7 Å². The summed E-state index contributed by atoms with van der Waals surface area (Å²) in [5, 5.41) is 0. The Morgan fingerprint density at radius 3 is 2.83 bits per heavy atom. The van der Waals surface area contributed by atoms with Gasteiger partial charge in [-0.1, -0.05) is 43.1 Å². The molecule has 4 atom stereocenters. The summed E-state index contributed by atoms with van der Waals surface area (Å²) < 4.78 is 0. The highest BCUT2D eigenvalue weighted by molar-refractivity contribution is 5.82. The molecule has 23 heavy (non-hydrogen) atoms. The van der Waals surface area contributed by atoms with E-state index in [-0.39, 0.29) is 0 Å². The molecule has 3 unspecified atom stereocenters. The molecule has 0 heterocycles. The van der Waals surface area contributed by atoms with Crippen LogP contribution in [0.1, 0.15) is 84.5 Å². The normalized spacial score (nSPS) is 41.7. The Morgan fingerprint density at radius 1 is 1.13 bits per heavy atom. The van der Waals surface area contributed by atoms with E-state index in [9.17, 15) is 4.79 Å². The van der Waals surface area contributed by atoms with E-state index in [0.29, 0.717) is 11.2 Å². The van der Waals surface area contributed by atoms with Crippen LogP contribution in [0.15, 0.2) is 22.8 Å². The number of unbranched alkanes of at least 4 members (excludes halogenated alkanes) is 1. The Morgan fingerprint density at radius 2 is 2.00 bits per heavy atom. The molecule has 0 bridgehead atoms. The summed E-state index contributed by atoms with van der Waals surface area (Å²) >= 11 is 0. The summed E-state index contributed by atoms with van der Waals surface area (Å²) in [5.41, 5.74) is 5.60. The Balaban J connectivity index is 1.60. The number of carbonyl (C=O) groups excluding carboxylic acids is 1. The van der Waals surface area contributed by atoms with Crippen molar-refractivity contribution in [3.05, 3.63) is 22.8 Å². The maximum atomic E-state index is 11.8. The first-order valence-corrected chi connectivity index (χ1v) is 10.1. The predicted octanol–water partition coefficient (Wildman–Crippen LogP) is 6.00. The van der Waals surface area contributed by atoms with Crippen molar-refractivity contribution in [1.29, 1.82) is 0 Å². The van der Waals surface area contributed by atoms with Crippen molar-refractivity contribution in [1.82, 2.24) is 0 Å². The van der Waals surface area contributed by atoms with E-state index in [1.165, 1.54) is 51.4 Å². The molecule has 0 aromatic rings. The van der Waals surface area contributed by atoms with Gasteiger partial charge in [-0.05, 0) is 74.5 Å². The van der Waals surface area contributed by atoms with E-state index in [2.05, 4.69) is 19.9 Å². The molecule has 1 heteroatoms. The van der Waals surface area contributed by atoms with Crippen LogP contribution in [-0.2, 0) is 4.79 Å². The molecule has 1 nitrogen and oxygen atoms in total. The summed E-state index contributed by atoms with van der Waals surface area (Å²) in [4.78, 5) is 11.8. The molecule has 0 radical (unpaired) electrons. The van der Waals surface area contributed by atoms with Crippen molar-refractivity contribution in [2.75, 3.05) is 0 Å².